The monoisotopic (exact) mass is 180 g/mol. The van der Waals surface area contributed by atoms with E-state index in [9.17, 15) is 20.2 Å². The minimum Gasteiger partial charge on any atom is -0.396 e. The van der Waals surface area contributed by atoms with Gasteiger partial charge in [0.2, 0.25) is 0 Å². The molecule has 0 bridgehead atoms. The maximum atomic E-state index is 10.0. The standard InChI is InChI=1S/C4H8N2O6/c7-3-1-2-4(8,5(9)10)6(11)12/h7-8H,1-3H2. The lowest BCUT2D eigenvalue weighted by Gasteiger charge is -2.08. The molecule has 12 heavy (non-hydrogen) atoms. The van der Waals surface area contributed by atoms with Crippen molar-refractivity contribution in [1.29, 1.82) is 0 Å². The maximum Gasteiger partial charge on any atom is 0.576 e. The van der Waals surface area contributed by atoms with Crippen LogP contribution in [0.4, 0.5) is 0 Å². The van der Waals surface area contributed by atoms with Crippen molar-refractivity contribution in [2.75, 3.05) is 6.61 Å². The van der Waals surface area contributed by atoms with Crippen LogP contribution in [-0.2, 0) is 0 Å². The maximum absolute atomic E-state index is 10.0. The molecule has 0 aromatic heterocycles. The number of aliphatic hydroxyl groups excluding tert-OH is 1. The van der Waals surface area contributed by atoms with Gasteiger partial charge in [-0.3, -0.25) is 25.3 Å². The van der Waals surface area contributed by atoms with E-state index in [1.165, 1.54) is 0 Å². The molecule has 8 nitrogen and oxygen atoms in total. The second-order valence-electron chi connectivity index (χ2n) is 2.12. The van der Waals surface area contributed by atoms with Gasteiger partial charge in [-0.25, -0.2) is 0 Å². The van der Waals surface area contributed by atoms with E-state index < -0.39 is 28.7 Å². The van der Waals surface area contributed by atoms with Gasteiger partial charge in [0.05, 0.1) is 0 Å². The van der Waals surface area contributed by atoms with Gasteiger partial charge in [0.1, 0.15) is 16.3 Å². The van der Waals surface area contributed by atoms with Crippen LogP contribution in [0.25, 0.3) is 0 Å². The highest BCUT2D eigenvalue weighted by Crippen LogP contribution is 2.13. The van der Waals surface area contributed by atoms with Gasteiger partial charge >= 0.3 is 5.85 Å². The van der Waals surface area contributed by atoms with Crippen LogP contribution in [0.5, 0.6) is 0 Å². The predicted molar refractivity (Wildman–Crippen MR) is 35.3 cm³/mol. The molecule has 0 rings (SSSR count). The molecule has 0 spiro atoms. The predicted octanol–water partition coefficient (Wildman–Crippen LogP) is -1.04. The van der Waals surface area contributed by atoms with Gasteiger partial charge < -0.3 is 5.11 Å². The largest absolute Gasteiger partial charge is 0.576 e. The van der Waals surface area contributed by atoms with Crippen LogP contribution in [0, 0.1) is 20.2 Å². The molecule has 0 aromatic carbocycles. The van der Waals surface area contributed by atoms with Gasteiger partial charge in [0, 0.05) is 6.61 Å². The van der Waals surface area contributed by atoms with Crippen LogP contribution >= 0.6 is 0 Å². The Balaban J connectivity index is 4.40. The summed E-state index contributed by atoms with van der Waals surface area (Å²) < 4.78 is 0. The summed E-state index contributed by atoms with van der Waals surface area (Å²) in [6.07, 6.45) is -0.901. The second kappa shape index (κ2) is 3.93. The molecule has 0 radical (unpaired) electrons. The number of hydrogen-bond donors (Lipinski definition) is 2. The van der Waals surface area contributed by atoms with Crippen LogP contribution in [0.15, 0.2) is 0 Å². The van der Waals surface area contributed by atoms with Crippen molar-refractivity contribution < 1.29 is 20.1 Å². The summed E-state index contributed by atoms with van der Waals surface area (Å²) >= 11 is 0. The fraction of sp³-hybridized carbons (Fsp3) is 1.00. The third-order valence-electron chi connectivity index (χ3n) is 1.26. The Kier molecular flexibility index (Phi) is 3.51. The number of nitro groups is 2. The van der Waals surface area contributed by atoms with Crippen LogP contribution in [-0.4, -0.2) is 32.5 Å². The van der Waals surface area contributed by atoms with E-state index in [0.29, 0.717) is 0 Å². The van der Waals surface area contributed by atoms with Crippen LogP contribution in [0.1, 0.15) is 12.8 Å². The molecule has 8 heteroatoms. The summed E-state index contributed by atoms with van der Waals surface area (Å²) in [6, 6.07) is 0. The molecular weight excluding hydrogens is 172 g/mol. The molecule has 0 saturated carbocycles. The fourth-order valence-corrected chi connectivity index (χ4v) is 0.565. The molecule has 0 unspecified atom stereocenters. The minimum absolute atomic E-state index is 0.196. The molecule has 2 N–H and O–H groups in total. The molecule has 0 amide bonds. The van der Waals surface area contributed by atoms with Gasteiger partial charge in [-0.2, -0.15) is 0 Å². The van der Waals surface area contributed by atoms with Crippen molar-refractivity contribution in [2.45, 2.75) is 18.7 Å². The fourth-order valence-electron chi connectivity index (χ4n) is 0.565. The smallest absolute Gasteiger partial charge is 0.396 e. The summed E-state index contributed by atoms with van der Waals surface area (Å²) in [5.41, 5.74) is 0. The first-order valence-electron chi connectivity index (χ1n) is 3.07. The van der Waals surface area contributed by atoms with E-state index in [1.54, 1.807) is 0 Å². The molecule has 70 valence electrons. The average Bonchev–Trinajstić information content (AvgIpc) is 1.99. The molecular formula is C4H8N2O6. The lowest BCUT2D eigenvalue weighted by molar-refractivity contribution is -0.848. The number of rotatable bonds is 5. The summed E-state index contributed by atoms with van der Waals surface area (Å²) in [7, 11) is 0. The first-order chi connectivity index (χ1) is 5.45. The van der Waals surface area contributed by atoms with Crippen molar-refractivity contribution >= 4 is 0 Å². The molecule has 0 aliphatic rings. The van der Waals surface area contributed by atoms with E-state index in [0.717, 1.165) is 0 Å². The van der Waals surface area contributed by atoms with Crippen molar-refractivity contribution in [3.05, 3.63) is 20.2 Å². The van der Waals surface area contributed by atoms with E-state index in [4.69, 9.17) is 10.2 Å². The van der Waals surface area contributed by atoms with Crippen LogP contribution in [0.2, 0.25) is 0 Å². The first-order valence-corrected chi connectivity index (χ1v) is 3.07. The number of aliphatic hydroxyl groups is 2. The van der Waals surface area contributed by atoms with Gasteiger partial charge in [-0.1, -0.05) is 0 Å². The lowest BCUT2D eigenvalue weighted by Crippen LogP contribution is -2.46. The normalized spacial score (nSPS) is 11.2. The molecule has 0 aliphatic carbocycles. The van der Waals surface area contributed by atoms with Crippen molar-refractivity contribution in [3.63, 3.8) is 0 Å². The highest BCUT2D eigenvalue weighted by atomic mass is 16.7. The topological polar surface area (TPSA) is 127 Å². The highest BCUT2D eigenvalue weighted by molar-refractivity contribution is 4.50. The third kappa shape index (κ3) is 2.10. The van der Waals surface area contributed by atoms with Crippen LogP contribution < -0.4 is 0 Å². The Hall–Kier alpha value is -1.28. The lowest BCUT2D eigenvalue weighted by atomic mass is 10.2. The zero-order valence-corrected chi connectivity index (χ0v) is 6.04. The van der Waals surface area contributed by atoms with E-state index in [1.807, 2.05) is 0 Å². The van der Waals surface area contributed by atoms with Gasteiger partial charge in [0.25, 0.3) is 0 Å². The van der Waals surface area contributed by atoms with Crippen LogP contribution in [0.3, 0.4) is 0 Å². The summed E-state index contributed by atoms with van der Waals surface area (Å²) in [5, 5.41) is 37.0. The highest BCUT2D eigenvalue weighted by Gasteiger charge is 2.53. The minimum atomic E-state index is -3.16. The molecule has 0 aromatic rings. The number of nitrogens with zero attached hydrogens (tertiary/aromatic N) is 2. The molecule has 0 heterocycles. The molecule has 0 fully saturated rings. The zero-order valence-electron chi connectivity index (χ0n) is 6.04. The molecule has 0 atom stereocenters. The Bertz CT molecular complexity index is 178. The van der Waals surface area contributed by atoms with E-state index in [-0.39, 0.29) is 6.42 Å². The Morgan fingerprint density at radius 3 is 1.92 bits per heavy atom. The zero-order chi connectivity index (χ0) is 9.78. The van der Waals surface area contributed by atoms with Gasteiger partial charge in [0.15, 0.2) is 0 Å². The first kappa shape index (κ1) is 10.7. The van der Waals surface area contributed by atoms with E-state index in [2.05, 4.69) is 0 Å². The average molecular weight is 180 g/mol. The quantitative estimate of drug-likeness (QED) is 0.316. The SMILES string of the molecule is O=[N+]([O-])C(O)(CCCO)[N+](=O)[O-]. The molecule has 0 saturated heterocycles. The summed E-state index contributed by atoms with van der Waals surface area (Å²) in [5.74, 6) is -3.16. The Morgan fingerprint density at radius 1 is 1.25 bits per heavy atom. The van der Waals surface area contributed by atoms with Crippen molar-refractivity contribution in [2.24, 2.45) is 0 Å². The van der Waals surface area contributed by atoms with E-state index >= 15 is 0 Å². The van der Waals surface area contributed by atoms with Gasteiger partial charge in [-0.15, -0.1) is 0 Å². The summed E-state index contributed by atoms with van der Waals surface area (Å²) in [6.45, 7) is -0.440. The summed E-state index contributed by atoms with van der Waals surface area (Å²) in [4.78, 5) is 17.2. The Morgan fingerprint density at radius 2 is 1.67 bits per heavy atom. The second-order valence-corrected chi connectivity index (χ2v) is 2.12. The van der Waals surface area contributed by atoms with Crippen molar-refractivity contribution in [1.82, 2.24) is 0 Å². The third-order valence-corrected chi connectivity index (χ3v) is 1.26. The number of hydrogen-bond acceptors (Lipinski definition) is 6. The van der Waals surface area contributed by atoms with Gasteiger partial charge in [-0.05, 0) is 6.42 Å². The molecule has 0 aliphatic heterocycles. The van der Waals surface area contributed by atoms with Crippen molar-refractivity contribution in [3.8, 4) is 0 Å². The Labute approximate surface area is 66.7 Å².